The molecule has 0 spiro atoms. The van der Waals surface area contributed by atoms with Crippen molar-refractivity contribution in [2.75, 3.05) is 39.4 Å². The fraction of sp³-hybridized carbons (Fsp3) is 0.364. The van der Waals surface area contributed by atoms with E-state index in [0.29, 0.717) is 24.7 Å². The van der Waals surface area contributed by atoms with Crippen molar-refractivity contribution in [1.29, 1.82) is 0 Å². The van der Waals surface area contributed by atoms with Crippen LogP contribution in [0.25, 0.3) is 0 Å². The Morgan fingerprint density at radius 2 is 1.70 bits per heavy atom. The maximum atomic E-state index is 12.8. The summed E-state index contributed by atoms with van der Waals surface area (Å²) in [5.74, 6) is -0.411. The van der Waals surface area contributed by atoms with Gasteiger partial charge in [-0.2, -0.15) is 4.31 Å². The van der Waals surface area contributed by atoms with Crippen LogP contribution in [-0.2, 0) is 19.6 Å². The predicted octanol–water partition coefficient (Wildman–Crippen LogP) is 2.19. The third-order valence-electron chi connectivity index (χ3n) is 5.40. The Hall–Kier alpha value is -2.82. The molecule has 2 aliphatic heterocycles. The molecule has 1 amide bonds. The molecule has 0 unspecified atom stereocenters. The summed E-state index contributed by atoms with van der Waals surface area (Å²) in [6, 6.07) is 11.0. The normalized spacial score (nSPS) is 17.3. The molecule has 2 heterocycles. The first-order valence-electron chi connectivity index (χ1n) is 10.4. The van der Waals surface area contributed by atoms with Crippen LogP contribution < -0.4 is 9.47 Å². The first-order valence-corrected chi connectivity index (χ1v) is 12.2. The molecule has 0 bridgehead atoms. The second-order valence-corrected chi connectivity index (χ2v) is 9.92. The highest BCUT2D eigenvalue weighted by Crippen LogP contribution is 2.38. The van der Waals surface area contributed by atoms with Crippen LogP contribution in [0.2, 0.25) is 5.02 Å². The van der Waals surface area contributed by atoms with Crippen LogP contribution in [0.15, 0.2) is 47.4 Å². The quantitative estimate of drug-likeness (QED) is 0.587. The number of rotatable bonds is 5. The van der Waals surface area contributed by atoms with E-state index in [9.17, 15) is 18.0 Å². The minimum absolute atomic E-state index is 0.141. The van der Waals surface area contributed by atoms with Crippen LogP contribution in [0.5, 0.6) is 11.5 Å². The topological polar surface area (TPSA) is 102 Å². The van der Waals surface area contributed by atoms with Gasteiger partial charge in [-0.1, -0.05) is 29.8 Å². The van der Waals surface area contributed by atoms with Gasteiger partial charge in [0.1, 0.15) is 13.2 Å². The van der Waals surface area contributed by atoms with E-state index in [1.54, 1.807) is 30.3 Å². The van der Waals surface area contributed by atoms with E-state index in [-0.39, 0.29) is 41.7 Å². The molecular formula is C22H23ClN2O7S. The van der Waals surface area contributed by atoms with E-state index in [4.69, 9.17) is 25.8 Å². The van der Waals surface area contributed by atoms with Crippen molar-refractivity contribution < 1.29 is 32.2 Å². The molecule has 2 aliphatic rings. The first kappa shape index (κ1) is 23.3. The van der Waals surface area contributed by atoms with Crippen LogP contribution in [0, 0.1) is 0 Å². The Balaban J connectivity index is 1.36. The summed E-state index contributed by atoms with van der Waals surface area (Å²) in [6.07, 6.45) is -1.05. The first-order chi connectivity index (χ1) is 15.8. The van der Waals surface area contributed by atoms with E-state index < -0.39 is 28.0 Å². The van der Waals surface area contributed by atoms with Crippen molar-refractivity contribution >= 4 is 33.5 Å². The van der Waals surface area contributed by atoms with Gasteiger partial charge in [0.25, 0.3) is 5.91 Å². The number of carbonyl (C=O) groups is 2. The van der Waals surface area contributed by atoms with Crippen molar-refractivity contribution in [3.05, 3.63) is 53.1 Å². The van der Waals surface area contributed by atoms with Gasteiger partial charge in [-0.3, -0.25) is 4.79 Å². The fourth-order valence-corrected chi connectivity index (χ4v) is 5.36. The third kappa shape index (κ3) is 4.92. The summed E-state index contributed by atoms with van der Waals surface area (Å²) in [6.45, 7) is 2.88. The average molecular weight is 495 g/mol. The summed E-state index contributed by atoms with van der Waals surface area (Å²) < 4.78 is 43.1. The average Bonchev–Trinajstić information content (AvgIpc) is 2.84. The third-order valence-corrected chi connectivity index (χ3v) is 7.59. The Morgan fingerprint density at radius 3 is 2.39 bits per heavy atom. The lowest BCUT2D eigenvalue weighted by Crippen LogP contribution is -2.52. The number of piperazine rings is 1. The van der Waals surface area contributed by atoms with Crippen molar-refractivity contribution in [1.82, 2.24) is 9.21 Å². The van der Waals surface area contributed by atoms with Gasteiger partial charge in [-0.15, -0.1) is 0 Å². The Kier molecular flexibility index (Phi) is 6.78. The van der Waals surface area contributed by atoms with Gasteiger partial charge >= 0.3 is 5.97 Å². The highest BCUT2D eigenvalue weighted by Gasteiger charge is 2.32. The second-order valence-electron chi connectivity index (χ2n) is 7.57. The van der Waals surface area contributed by atoms with Crippen LogP contribution >= 0.6 is 11.6 Å². The van der Waals surface area contributed by atoms with Gasteiger partial charge in [0.2, 0.25) is 10.0 Å². The number of ether oxygens (including phenoxy) is 3. The monoisotopic (exact) mass is 494 g/mol. The number of hydrogen-bond donors (Lipinski definition) is 0. The molecule has 0 aromatic heterocycles. The van der Waals surface area contributed by atoms with Crippen LogP contribution in [0.3, 0.4) is 0 Å². The molecule has 4 rings (SSSR count). The van der Waals surface area contributed by atoms with E-state index in [1.807, 2.05) is 0 Å². The largest absolute Gasteiger partial charge is 0.486 e. The molecule has 0 aliphatic carbocycles. The van der Waals surface area contributed by atoms with Gasteiger partial charge in [-0.25, -0.2) is 13.2 Å². The fourth-order valence-electron chi connectivity index (χ4n) is 3.66. The van der Waals surface area contributed by atoms with E-state index in [0.717, 1.165) is 0 Å². The molecule has 0 saturated carbocycles. The number of esters is 1. The van der Waals surface area contributed by atoms with Crippen molar-refractivity contribution in [2.24, 2.45) is 0 Å². The van der Waals surface area contributed by atoms with Crippen LogP contribution in [0.1, 0.15) is 17.3 Å². The van der Waals surface area contributed by atoms with E-state index in [1.165, 1.54) is 28.3 Å². The van der Waals surface area contributed by atoms with E-state index >= 15 is 0 Å². The maximum Gasteiger partial charge on any atom is 0.339 e. The number of hydrogen-bond acceptors (Lipinski definition) is 7. The summed E-state index contributed by atoms with van der Waals surface area (Å²) >= 11 is 6.17. The maximum absolute atomic E-state index is 12.8. The van der Waals surface area contributed by atoms with Crippen molar-refractivity contribution in [3.8, 4) is 11.5 Å². The highest BCUT2D eigenvalue weighted by atomic mass is 35.5. The SMILES string of the molecule is C[C@@H](OC(=O)c1cc(Cl)c2c(c1)OCCO2)C(=O)N1CCN(S(=O)(=O)c2ccccc2)CC1. The van der Waals surface area contributed by atoms with Gasteiger partial charge in [0.15, 0.2) is 17.6 Å². The molecular weight excluding hydrogens is 472 g/mol. The second kappa shape index (κ2) is 9.58. The number of sulfonamides is 1. The van der Waals surface area contributed by atoms with Gasteiger partial charge in [-0.05, 0) is 31.2 Å². The Morgan fingerprint density at radius 1 is 1.03 bits per heavy atom. The molecule has 176 valence electrons. The standard InChI is InChI=1S/C22H23ClN2O7S/c1-15(32-22(27)16-13-18(23)20-19(14-16)30-11-12-31-20)21(26)24-7-9-25(10-8-24)33(28,29)17-5-3-2-4-6-17/h2-6,13-15H,7-12H2,1H3/t15-/m1/s1. The van der Waals surface area contributed by atoms with Crippen LogP contribution in [0.4, 0.5) is 0 Å². The minimum atomic E-state index is -3.62. The molecule has 0 N–H and O–H groups in total. The number of nitrogens with zero attached hydrogens (tertiary/aromatic N) is 2. The minimum Gasteiger partial charge on any atom is -0.486 e. The number of carbonyl (C=O) groups excluding carboxylic acids is 2. The zero-order valence-corrected chi connectivity index (χ0v) is 19.5. The smallest absolute Gasteiger partial charge is 0.339 e. The number of halogens is 1. The molecule has 1 atom stereocenters. The number of fused-ring (bicyclic) bond motifs is 1. The zero-order valence-electron chi connectivity index (χ0n) is 17.9. The lowest BCUT2D eigenvalue weighted by Gasteiger charge is -2.35. The molecule has 33 heavy (non-hydrogen) atoms. The lowest BCUT2D eigenvalue weighted by atomic mass is 10.2. The predicted molar refractivity (Wildman–Crippen MR) is 119 cm³/mol. The Bertz CT molecular complexity index is 1150. The summed E-state index contributed by atoms with van der Waals surface area (Å²) in [5, 5.41) is 0.217. The van der Waals surface area contributed by atoms with Gasteiger partial charge < -0.3 is 19.1 Å². The summed E-state index contributed by atoms with van der Waals surface area (Å²) in [5.41, 5.74) is 0.141. The van der Waals surface area contributed by atoms with Gasteiger partial charge in [0, 0.05) is 26.2 Å². The molecule has 1 fully saturated rings. The number of amides is 1. The number of benzene rings is 2. The van der Waals surface area contributed by atoms with Gasteiger partial charge in [0.05, 0.1) is 15.5 Å². The summed E-state index contributed by atoms with van der Waals surface area (Å²) in [7, 11) is -3.62. The van der Waals surface area contributed by atoms with Crippen LogP contribution in [-0.4, -0.2) is 75.0 Å². The molecule has 11 heteroatoms. The molecule has 2 aromatic rings. The Labute approximate surface area is 196 Å². The zero-order chi connectivity index (χ0) is 23.6. The molecule has 9 nitrogen and oxygen atoms in total. The highest BCUT2D eigenvalue weighted by molar-refractivity contribution is 7.89. The van der Waals surface area contributed by atoms with Crippen molar-refractivity contribution in [2.45, 2.75) is 17.9 Å². The lowest BCUT2D eigenvalue weighted by molar-refractivity contribution is -0.141. The molecule has 1 saturated heterocycles. The van der Waals surface area contributed by atoms with E-state index in [2.05, 4.69) is 0 Å². The summed E-state index contributed by atoms with van der Waals surface area (Å²) in [4.78, 5) is 27.1. The molecule has 0 radical (unpaired) electrons. The molecule has 2 aromatic carbocycles. The van der Waals surface area contributed by atoms with Crippen molar-refractivity contribution in [3.63, 3.8) is 0 Å².